The maximum Gasteiger partial charge on any atom is 0.317 e. The molecular weight excluding hydrogens is 542 g/mol. The van der Waals surface area contributed by atoms with Crippen LogP contribution in [0.5, 0.6) is 0 Å². The van der Waals surface area contributed by atoms with Gasteiger partial charge in [-0.25, -0.2) is 0 Å². The lowest BCUT2D eigenvalue weighted by Crippen LogP contribution is -2.45. The highest BCUT2D eigenvalue weighted by molar-refractivity contribution is 5.91. The fourth-order valence-electron chi connectivity index (χ4n) is 4.57. The Kier molecular flexibility index (Phi) is 13.8. The van der Waals surface area contributed by atoms with Gasteiger partial charge in [0.2, 0.25) is 5.91 Å². The van der Waals surface area contributed by atoms with Crippen molar-refractivity contribution in [3.05, 3.63) is 29.8 Å². The molecule has 1 atom stereocenters. The highest BCUT2D eigenvalue weighted by Gasteiger charge is 2.28. The molecule has 1 fully saturated rings. The lowest BCUT2D eigenvalue weighted by Gasteiger charge is -2.35. The molecule has 0 bridgehead atoms. The largest absolute Gasteiger partial charge is 0.480 e. The highest BCUT2D eigenvalue weighted by Crippen LogP contribution is 2.24. The Morgan fingerprint density at radius 2 is 1.22 bits per heavy atom. The van der Waals surface area contributed by atoms with Crippen LogP contribution >= 0.6 is 0 Å². The predicted molar refractivity (Wildman–Crippen MR) is 145 cm³/mol. The van der Waals surface area contributed by atoms with Crippen molar-refractivity contribution in [3.63, 3.8) is 0 Å². The standard InChI is InChI=1S/C26H37N5O10/c32-13-1-2-22(33)27-20-5-3-19(4-6-20)21(31(17-25(38)39)18-26(40)41)14-28-7-9-29(15-23(34)35)11-12-30(10-8-28)16-24(36)37/h3-6,13,21H,1-2,7-12,14-18H2,(H,27,33)(H,34,35)(H,36,37)(H,38,39)(H,40,41). The third-order valence-electron chi connectivity index (χ3n) is 6.53. The first-order chi connectivity index (χ1) is 19.5. The van der Waals surface area contributed by atoms with Gasteiger partial charge >= 0.3 is 23.9 Å². The van der Waals surface area contributed by atoms with Gasteiger partial charge in [-0.15, -0.1) is 0 Å². The number of hydrogen-bond donors (Lipinski definition) is 5. The van der Waals surface area contributed by atoms with Gasteiger partial charge in [0.15, 0.2) is 0 Å². The number of carboxylic acid groups (broad SMARTS) is 4. The summed E-state index contributed by atoms with van der Waals surface area (Å²) in [5.41, 5.74) is 1.03. The number of carbonyl (C=O) groups is 6. The third kappa shape index (κ3) is 12.9. The summed E-state index contributed by atoms with van der Waals surface area (Å²) in [5, 5.41) is 40.3. The van der Waals surface area contributed by atoms with Crippen LogP contribution in [0.3, 0.4) is 0 Å². The second-order valence-electron chi connectivity index (χ2n) is 9.72. The first kappa shape index (κ1) is 33.3. The quantitative estimate of drug-likeness (QED) is 0.152. The summed E-state index contributed by atoms with van der Waals surface area (Å²) in [6.45, 7) is 0.733. The van der Waals surface area contributed by atoms with E-state index >= 15 is 0 Å². The Hall–Kier alpha value is -3.92. The van der Waals surface area contributed by atoms with E-state index < -0.39 is 43.0 Å². The number of nitrogens with zero attached hydrogens (tertiary/aromatic N) is 4. The minimum atomic E-state index is -1.22. The SMILES string of the molecule is O=CCCC(=O)Nc1ccc(C(CN2CCN(CC(=O)O)CCN(CC(=O)O)CC2)N(CC(=O)O)CC(=O)O)cc1. The van der Waals surface area contributed by atoms with E-state index in [9.17, 15) is 49.2 Å². The van der Waals surface area contributed by atoms with Crippen molar-refractivity contribution in [1.82, 2.24) is 19.6 Å². The summed E-state index contributed by atoms with van der Waals surface area (Å²) < 4.78 is 0. The van der Waals surface area contributed by atoms with Gasteiger partial charge in [-0.1, -0.05) is 12.1 Å². The Labute approximate surface area is 236 Å². The summed E-state index contributed by atoms with van der Waals surface area (Å²) in [6.07, 6.45) is 0.738. The first-order valence-corrected chi connectivity index (χ1v) is 13.1. The summed E-state index contributed by atoms with van der Waals surface area (Å²) in [7, 11) is 0. The van der Waals surface area contributed by atoms with E-state index in [4.69, 9.17) is 0 Å². The van der Waals surface area contributed by atoms with Crippen LogP contribution in [0.15, 0.2) is 24.3 Å². The van der Waals surface area contributed by atoms with Crippen LogP contribution in [0.2, 0.25) is 0 Å². The number of hydrogen-bond acceptors (Lipinski definition) is 10. The molecule has 0 spiro atoms. The molecule has 1 aliphatic heterocycles. The van der Waals surface area contributed by atoms with Gasteiger partial charge in [-0.2, -0.15) is 0 Å². The second kappa shape index (κ2) is 17.0. The molecule has 15 heteroatoms. The molecule has 1 aromatic rings. The average Bonchev–Trinajstić information content (AvgIpc) is 2.96. The molecule has 2 rings (SSSR count). The summed E-state index contributed by atoms with van der Waals surface area (Å²) in [6, 6.07) is 5.79. The second-order valence-corrected chi connectivity index (χ2v) is 9.72. The Balaban J connectivity index is 2.35. The fourth-order valence-corrected chi connectivity index (χ4v) is 4.57. The minimum Gasteiger partial charge on any atom is -0.480 e. The van der Waals surface area contributed by atoms with Crippen molar-refractivity contribution < 1.29 is 49.2 Å². The van der Waals surface area contributed by atoms with Gasteiger partial charge < -0.3 is 30.5 Å². The van der Waals surface area contributed by atoms with Gasteiger partial charge in [0.1, 0.15) is 6.29 Å². The summed E-state index contributed by atoms with van der Waals surface area (Å²) in [5.74, 6) is -4.84. The van der Waals surface area contributed by atoms with E-state index in [-0.39, 0.29) is 38.4 Å². The Morgan fingerprint density at radius 3 is 1.63 bits per heavy atom. The normalized spacial score (nSPS) is 16.2. The molecule has 0 saturated carbocycles. The Morgan fingerprint density at radius 1 is 0.756 bits per heavy atom. The molecule has 1 aliphatic rings. The zero-order valence-electron chi connectivity index (χ0n) is 22.7. The van der Waals surface area contributed by atoms with E-state index in [2.05, 4.69) is 5.32 Å². The van der Waals surface area contributed by atoms with Crippen molar-refractivity contribution >= 4 is 41.8 Å². The van der Waals surface area contributed by atoms with Crippen LogP contribution < -0.4 is 5.32 Å². The Bertz CT molecular complexity index is 1020. The van der Waals surface area contributed by atoms with Gasteiger partial charge in [0, 0.05) is 70.4 Å². The number of carboxylic acids is 4. The molecule has 15 nitrogen and oxygen atoms in total. The molecule has 1 aromatic carbocycles. The third-order valence-corrected chi connectivity index (χ3v) is 6.53. The number of amides is 1. The average molecular weight is 580 g/mol. The minimum absolute atomic E-state index is 0.0195. The number of aldehydes is 1. The van der Waals surface area contributed by atoms with Crippen molar-refractivity contribution in [3.8, 4) is 0 Å². The molecule has 0 aliphatic carbocycles. The molecule has 1 heterocycles. The summed E-state index contributed by atoms with van der Waals surface area (Å²) in [4.78, 5) is 75.2. The van der Waals surface area contributed by atoms with Crippen LogP contribution in [-0.4, -0.2) is 148 Å². The van der Waals surface area contributed by atoms with Gasteiger partial charge in [-0.3, -0.25) is 43.6 Å². The number of nitrogens with one attached hydrogen (secondary N) is 1. The fraction of sp³-hybridized carbons (Fsp3) is 0.538. The van der Waals surface area contributed by atoms with Crippen LogP contribution in [0.25, 0.3) is 0 Å². The number of carbonyl (C=O) groups excluding carboxylic acids is 2. The predicted octanol–water partition coefficient (Wildman–Crippen LogP) is -0.795. The van der Waals surface area contributed by atoms with Crippen LogP contribution in [0, 0.1) is 0 Å². The zero-order chi connectivity index (χ0) is 30.4. The van der Waals surface area contributed by atoms with Crippen molar-refractivity contribution in [2.24, 2.45) is 0 Å². The molecular formula is C26H37N5O10. The zero-order valence-corrected chi connectivity index (χ0v) is 22.7. The monoisotopic (exact) mass is 579 g/mol. The first-order valence-electron chi connectivity index (χ1n) is 13.1. The molecule has 1 saturated heterocycles. The molecule has 0 radical (unpaired) electrons. The highest BCUT2D eigenvalue weighted by atomic mass is 16.4. The van der Waals surface area contributed by atoms with Gasteiger partial charge in [-0.05, 0) is 17.7 Å². The van der Waals surface area contributed by atoms with E-state index in [1.807, 2.05) is 4.90 Å². The van der Waals surface area contributed by atoms with Crippen LogP contribution in [0.1, 0.15) is 24.4 Å². The number of anilines is 1. The molecule has 1 unspecified atom stereocenters. The molecule has 0 aromatic heterocycles. The molecule has 226 valence electrons. The topological polar surface area (TPSA) is 208 Å². The van der Waals surface area contributed by atoms with Crippen molar-refractivity contribution in [2.75, 3.05) is 77.3 Å². The smallest absolute Gasteiger partial charge is 0.317 e. The van der Waals surface area contributed by atoms with E-state index in [1.165, 1.54) is 4.90 Å². The maximum atomic E-state index is 12.0. The van der Waals surface area contributed by atoms with E-state index in [1.54, 1.807) is 34.1 Å². The van der Waals surface area contributed by atoms with E-state index in [0.717, 1.165) is 0 Å². The van der Waals surface area contributed by atoms with E-state index in [0.29, 0.717) is 56.8 Å². The summed E-state index contributed by atoms with van der Waals surface area (Å²) >= 11 is 0. The number of benzene rings is 1. The van der Waals surface area contributed by atoms with Crippen LogP contribution in [-0.2, 0) is 28.8 Å². The van der Waals surface area contributed by atoms with Crippen molar-refractivity contribution in [1.29, 1.82) is 0 Å². The van der Waals surface area contributed by atoms with Crippen LogP contribution in [0.4, 0.5) is 5.69 Å². The van der Waals surface area contributed by atoms with Crippen molar-refractivity contribution in [2.45, 2.75) is 18.9 Å². The molecule has 5 N–H and O–H groups in total. The lowest BCUT2D eigenvalue weighted by molar-refractivity contribution is -0.143. The molecule has 1 amide bonds. The lowest BCUT2D eigenvalue weighted by atomic mass is 10.0. The number of rotatable bonds is 16. The molecule has 41 heavy (non-hydrogen) atoms. The van der Waals surface area contributed by atoms with Gasteiger partial charge in [0.25, 0.3) is 0 Å². The number of aliphatic carboxylic acids is 4. The maximum absolute atomic E-state index is 12.0. The van der Waals surface area contributed by atoms with Gasteiger partial charge in [0.05, 0.1) is 26.2 Å².